The minimum atomic E-state index is -1.73. The molecule has 10 heteroatoms. The van der Waals surface area contributed by atoms with Gasteiger partial charge in [0, 0.05) is 18.5 Å². The van der Waals surface area contributed by atoms with E-state index < -0.39 is 46.9 Å². The smallest absolute Gasteiger partial charge is 0.316 e. The summed E-state index contributed by atoms with van der Waals surface area (Å²) in [7, 11) is 1.32. The van der Waals surface area contributed by atoms with Crippen molar-refractivity contribution in [2.24, 2.45) is 11.3 Å². The van der Waals surface area contributed by atoms with Crippen molar-refractivity contribution < 1.29 is 23.1 Å². The van der Waals surface area contributed by atoms with Crippen LogP contribution < -0.4 is 16.0 Å². The molecule has 4 atom stereocenters. The highest BCUT2D eigenvalue weighted by molar-refractivity contribution is 6.31. The molecule has 0 spiro atoms. The average molecular weight is 467 g/mol. The number of carbonyl (C=O) groups is 2. The molecule has 0 aromatic carbocycles. The van der Waals surface area contributed by atoms with Crippen LogP contribution in [0.2, 0.25) is 5.02 Å². The summed E-state index contributed by atoms with van der Waals surface area (Å²) in [5.41, 5.74) is -0.956. The molecule has 0 bridgehead atoms. The molecule has 3 aliphatic rings. The molecule has 32 heavy (non-hydrogen) atoms. The lowest BCUT2D eigenvalue weighted by Gasteiger charge is -2.39. The first-order valence-corrected chi connectivity index (χ1v) is 10.8. The fourth-order valence-electron chi connectivity index (χ4n) is 4.41. The van der Waals surface area contributed by atoms with Gasteiger partial charge in [0.2, 0.25) is 5.91 Å². The Bertz CT molecular complexity index is 1030. The van der Waals surface area contributed by atoms with E-state index in [0.717, 1.165) is 6.08 Å². The number of halogens is 3. The van der Waals surface area contributed by atoms with Crippen LogP contribution in [0.1, 0.15) is 31.2 Å². The molecule has 1 aliphatic heterocycles. The summed E-state index contributed by atoms with van der Waals surface area (Å²) >= 11 is 6.05. The van der Waals surface area contributed by atoms with Gasteiger partial charge in [0.05, 0.1) is 34.5 Å². The van der Waals surface area contributed by atoms with Crippen LogP contribution in [-0.2, 0) is 15.1 Å². The number of nitrogens with one attached hydrogen (secondary N) is 3. The Kier molecular flexibility index (Phi) is 5.65. The highest BCUT2D eigenvalue weighted by Crippen LogP contribution is 2.48. The van der Waals surface area contributed by atoms with Crippen LogP contribution in [0.4, 0.5) is 13.6 Å². The summed E-state index contributed by atoms with van der Waals surface area (Å²) in [4.78, 5) is 29.8. The monoisotopic (exact) mass is 466 g/mol. The molecule has 4 rings (SSSR count). The highest BCUT2D eigenvalue weighted by Gasteiger charge is 2.55. The number of hydrogen-bond donors (Lipinski definition) is 3. The lowest BCUT2D eigenvalue weighted by molar-refractivity contribution is -0.121. The zero-order chi connectivity index (χ0) is 23.3. The Morgan fingerprint density at radius 2 is 2.09 bits per heavy atom. The maximum atomic E-state index is 15.1. The molecule has 2 unspecified atom stereocenters. The van der Waals surface area contributed by atoms with E-state index in [0.29, 0.717) is 29.3 Å². The zero-order valence-corrected chi connectivity index (χ0v) is 18.7. The Labute approximate surface area is 189 Å². The third-order valence-corrected chi connectivity index (χ3v) is 7.15. The third-order valence-electron chi connectivity index (χ3n) is 6.76. The number of hydrogen-bond acceptors (Lipinski definition) is 4. The first-order chi connectivity index (χ1) is 15.1. The van der Waals surface area contributed by atoms with Crippen molar-refractivity contribution in [3.8, 4) is 0 Å². The van der Waals surface area contributed by atoms with Crippen LogP contribution >= 0.6 is 11.6 Å². The lowest BCUT2D eigenvalue weighted by Crippen LogP contribution is -2.55. The summed E-state index contributed by atoms with van der Waals surface area (Å²) in [5.74, 6) is -1.99. The van der Waals surface area contributed by atoms with Gasteiger partial charge in [-0.3, -0.25) is 9.78 Å². The number of aromatic nitrogens is 1. The van der Waals surface area contributed by atoms with Gasteiger partial charge in [-0.05, 0) is 44.9 Å². The molecule has 3 amide bonds. The number of amides is 3. The predicted octanol–water partition coefficient (Wildman–Crippen LogP) is 3.19. The molecule has 1 saturated carbocycles. The van der Waals surface area contributed by atoms with E-state index in [1.54, 1.807) is 19.1 Å². The van der Waals surface area contributed by atoms with Crippen molar-refractivity contribution >= 4 is 23.5 Å². The molecule has 0 radical (unpaired) electrons. The van der Waals surface area contributed by atoms with E-state index in [2.05, 4.69) is 20.9 Å². The van der Waals surface area contributed by atoms with Gasteiger partial charge in [0.25, 0.3) is 0 Å². The zero-order valence-electron chi connectivity index (χ0n) is 18.0. The summed E-state index contributed by atoms with van der Waals surface area (Å²) < 4.78 is 35.0. The number of rotatable bonds is 5. The SMILES string of the molecule is COC1=CC(F)C(C)([C@@H]2CNC(=O)[C@H]2NC(=O)NC2(c3ccc(Cl)c(C)n3)CC2)C(F)=C1. The number of urea groups is 1. The number of allylic oxidation sites excluding steroid dienone is 3. The molecular formula is C22H25ClF2N4O3. The average Bonchev–Trinajstić information content (AvgIpc) is 3.44. The maximum absolute atomic E-state index is 15.1. The number of ether oxygens (including phenoxy) is 1. The standard InChI is InChI=1S/C22H25ClF2N4O3/c1-11-14(23)4-5-17(27-11)22(6-7-22)29-20(31)28-18-13(10-26-19(18)30)21(2)15(24)8-12(32-3)9-16(21)25/h4-5,8-9,13,15,18H,6-7,10H2,1-3H3,(H,26,30)(H2,28,29,31)/t13-,15?,18+,21?/m1/s1. The van der Waals surface area contributed by atoms with Crippen molar-refractivity contribution in [1.82, 2.24) is 20.9 Å². The Morgan fingerprint density at radius 1 is 1.38 bits per heavy atom. The Balaban J connectivity index is 1.51. The van der Waals surface area contributed by atoms with E-state index in [9.17, 15) is 14.0 Å². The van der Waals surface area contributed by atoms with Crippen molar-refractivity contribution in [2.45, 2.75) is 44.4 Å². The largest absolute Gasteiger partial charge is 0.497 e. The van der Waals surface area contributed by atoms with Gasteiger partial charge >= 0.3 is 6.03 Å². The third kappa shape index (κ3) is 3.72. The maximum Gasteiger partial charge on any atom is 0.316 e. The second kappa shape index (κ2) is 8.03. The minimum Gasteiger partial charge on any atom is -0.497 e. The van der Waals surface area contributed by atoms with E-state index in [1.165, 1.54) is 20.1 Å². The molecular weight excluding hydrogens is 442 g/mol. The number of carbonyl (C=O) groups excluding carboxylic acids is 2. The molecule has 2 aliphatic carbocycles. The first kappa shape index (κ1) is 22.5. The number of alkyl halides is 1. The fourth-order valence-corrected chi connectivity index (χ4v) is 4.51. The topological polar surface area (TPSA) is 92.4 Å². The highest BCUT2D eigenvalue weighted by atomic mass is 35.5. The molecule has 2 heterocycles. The normalized spacial score (nSPS) is 30.7. The molecule has 1 aromatic rings. The van der Waals surface area contributed by atoms with Crippen LogP contribution in [0.15, 0.2) is 35.9 Å². The predicted molar refractivity (Wildman–Crippen MR) is 114 cm³/mol. The Morgan fingerprint density at radius 3 is 2.69 bits per heavy atom. The molecule has 1 saturated heterocycles. The second-order valence-electron chi connectivity index (χ2n) is 8.72. The number of nitrogens with zero attached hydrogens (tertiary/aromatic N) is 1. The van der Waals surface area contributed by atoms with Crippen LogP contribution in [0.25, 0.3) is 0 Å². The van der Waals surface area contributed by atoms with Crippen LogP contribution in [0.5, 0.6) is 0 Å². The van der Waals surface area contributed by atoms with Crippen LogP contribution in [-0.4, -0.2) is 42.8 Å². The molecule has 1 aromatic heterocycles. The second-order valence-corrected chi connectivity index (χ2v) is 9.13. The van der Waals surface area contributed by atoms with Crippen LogP contribution in [0, 0.1) is 18.3 Å². The van der Waals surface area contributed by atoms with Gasteiger partial charge in [-0.15, -0.1) is 0 Å². The fraction of sp³-hybridized carbons (Fsp3) is 0.500. The number of aryl methyl sites for hydroxylation is 1. The first-order valence-electron chi connectivity index (χ1n) is 10.4. The van der Waals surface area contributed by atoms with E-state index in [1.807, 2.05) is 0 Å². The van der Waals surface area contributed by atoms with Gasteiger partial charge < -0.3 is 20.7 Å². The molecule has 2 fully saturated rings. The molecule has 7 nitrogen and oxygen atoms in total. The van der Waals surface area contributed by atoms with E-state index in [-0.39, 0.29) is 12.3 Å². The van der Waals surface area contributed by atoms with Gasteiger partial charge in [-0.1, -0.05) is 11.6 Å². The molecule has 172 valence electrons. The van der Waals surface area contributed by atoms with Crippen molar-refractivity contribution in [3.05, 3.63) is 52.3 Å². The van der Waals surface area contributed by atoms with Gasteiger partial charge in [-0.25, -0.2) is 13.6 Å². The molecule has 3 N–H and O–H groups in total. The van der Waals surface area contributed by atoms with E-state index in [4.69, 9.17) is 16.3 Å². The summed E-state index contributed by atoms with van der Waals surface area (Å²) in [6, 6.07) is 1.77. The van der Waals surface area contributed by atoms with Gasteiger partial charge in [0.15, 0.2) is 0 Å². The lowest BCUT2D eigenvalue weighted by atomic mass is 9.68. The van der Waals surface area contributed by atoms with Crippen LogP contribution in [0.3, 0.4) is 0 Å². The quantitative estimate of drug-likeness (QED) is 0.621. The van der Waals surface area contributed by atoms with Gasteiger partial charge in [-0.2, -0.15) is 0 Å². The van der Waals surface area contributed by atoms with E-state index >= 15 is 4.39 Å². The van der Waals surface area contributed by atoms with Gasteiger partial charge in [0.1, 0.15) is 23.8 Å². The Hall–Kier alpha value is -2.68. The van der Waals surface area contributed by atoms with Crippen molar-refractivity contribution in [2.75, 3.05) is 13.7 Å². The summed E-state index contributed by atoms with van der Waals surface area (Å²) in [5, 5.41) is 8.66. The number of methoxy groups -OCH3 is 1. The summed E-state index contributed by atoms with van der Waals surface area (Å²) in [6.07, 6.45) is 1.92. The van der Waals surface area contributed by atoms with Crippen molar-refractivity contribution in [1.29, 1.82) is 0 Å². The number of pyridine rings is 1. The van der Waals surface area contributed by atoms with Crippen molar-refractivity contribution in [3.63, 3.8) is 0 Å². The minimum absolute atomic E-state index is 0.0290. The summed E-state index contributed by atoms with van der Waals surface area (Å²) in [6.45, 7) is 3.22.